The van der Waals surface area contributed by atoms with Crippen LogP contribution >= 0.6 is 0 Å². The third-order valence-electron chi connectivity index (χ3n) is 5.14. The van der Waals surface area contributed by atoms with Gasteiger partial charge in [-0.25, -0.2) is 0 Å². The van der Waals surface area contributed by atoms with Gasteiger partial charge in [0.25, 0.3) is 0 Å². The van der Waals surface area contributed by atoms with Crippen molar-refractivity contribution < 1.29 is 9.84 Å². The first-order valence-electron chi connectivity index (χ1n) is 9.07. The molecule has 5 nitrogen and oxygen atoms in total. The van der Waals surface area contributed by atoms with Gasteiger partial charge in [0.15, 0.2) is 0 Å². The van der Waals surface area contributed by atoms with Gasteiger partial charge in [0.2, 0.25) is 0 Å². The van der Waals surface area contributed by atoms with Crippen LogP contribution in [-0.4, -0.2) is 45.6 Å². The molecule has 0 spiro atoms. The van der Waals surface area contributed by atoms with Crippen molar-refractivity contribution in [3.05, 3.63) is 46.8 Å². The molecule has 2 heterocycles. The Morgan fingerprint density at radius 3 is 2.80 bits per heavy atom. The van der Waals surface area contributed by atoms with E-state index in [2.05, 4.69) is 23.8 Å². The average molecular weight is 343 g/mol. The molecule has 5 heteroatoms. The lowest BCUT2D eigenvalue weighted by Gasteiger charge is -2.27. The monoisotopic (exact) mass is 343 g/mol. The normalized spacial score (nSPS) is 19.3. The van der Waals surface area contributed by atoms with Crippen molar-refractivity contribution in [2.45, 2.75) is 45.8 Å². The molecule has 0 amide bonds. The van der Waals surface area contributed by atoms with E-state index in [4.69, 9.17) is 4.74 Å². The molecule has 1 aromatic carbocycles. The van der Waals surface area contributed by atoms with E-state index < -0.39 is 6.10 Å². The molecule has 0 aliphatic carbocycles. The molecule has 25 heavy (non-hydrogen) atoms. The highest BCUT2D eigenvalue weighted by Gasteiger charge is 2.31. The summed E-state index contributed by atoms with van der Waals surface area (Å²) in [5.74, 6) is 0.816. The molecule has 1 fully saturated rings. The van der Waals surface area contributed by atoms with Crippen LogP contribution in [0.15, 0.2) is 24.3 Å². The van der Waals surface area contributed by atoms with Crippen LogP contribution in [0.25, 0.3) is 0 Å². The average Bonchev–Trinajstić information content (AvgIpc) is 3.10. The first-order valence-corrected chi connectivity index (χ1v) is 9.07. The molecule has 2 atom stereocenters. The number of ether oxygens (including phenoxy) is 1. The van der Waals surface area contributed by atoms with Gasteiger partial charge in [-0.1, -0.05) is 12.1 Å². The number of hydrogen-bond donors (Lipinski definition) is 1. The Morgan fingerprint density at radius 1 is 1.32 bits per heavy atom. The molecule has 3 rings (SSSR count). The summed E-state index contributed by atoms with van der Waals surface area (Å²) in [4.78, 5) is 2.38. The Balaban J connectivity index is 1.61. The first kappa shape index (κ1) is 18.0. The summed E-state index contributed by atoms with van der Waals surface area (Å²) in [6.45, 7) is 8.21. The number of rotatable bonds is 6. The SMILES string of the molecule is Cc1cccc(OC[C@H](O)CN2CCC[C@@H]2c2c(C)nn(C)c2C)c1. The summed E-state index contributed by atoms with van der Waals surface area (Å²) in [5, 5.41) is 15.0. The molecular weight excluding hydrogens is 314 g/mol. The first-order chi connectivity index (χ1) is 12.0. The van der Waals surface area contributed by atoms with Gasteiger partial charge < -0.3 is 9.84 Å². The lowest BCUT2D eigenvalue weighted by atomic mass is 10.0. The molecule has 1 N–H and O–H groups in total. The van der Waals surface area contributed by atoms with E-state index in [1.807, 2.05) is 42.9 Å². The van der Waals surface area contributed by atoms with E-state index in [0.29, 0.717) is 19.2 Å². The number of likely N-dealkylation sites (tertiary alicyclic amines) is 1. The number of aliphatic hydroxyl groups excluding tert-OH is 1. The second kappa shape index (κ2) is 7.58. The predicted octanol–water partition coefficient (Wildman–Crippen LogP) is 2.92. The van der Waals surface area contributed by atoms with Crippen LogP contribution in [0.3, 0.4) is 0 Å². The molecule has 0 unspecified atom stereocenters. The molecule has 136 valence electrons. The maximum atomic E-state index is 10.5. The lowest BCUT2D eigenvalue weighted by Crippen LogP contribution is -2.35. The summed E-state index contributed by atoms with van der Waals surface area (Å²) >= 11 is 0. The van der Waals surface area contributed by atoms with Crippen LogP contribution in [0.1, 0.15) is 41.4 Å². The summed E-state index contributed by atoms with van der Waals surface area (Å²) < 4.78 is 7.72. The van der Waals surface area contributed by atoms with Crippen LogP contribution in [0.2, 0.25) is 0 Å². The van der Waals surface area contributed by atoms with Crippen molar-refractivity contribution in [3.63, 3.8) is 0 Å². The maximum Gasteiger partial charge on any atom is 0.119 e. The molecule has 1 aliphatic heterocycles. The summed E-state index contributed by atoms with van der Waals surface area (Å²) in [5.41, 5.74) is 4.81. The Bertz CT molecular complexity index is 726. The predicted molar refractivity (Wildman–Crippen MR) is 98.9 cm³/mol. The van der Waals surface area contributed by atoms with E-state index in [1.165, 1.54) is 11.3 Å². The van der Waals surface area contributed by atoms with Gasteiger partial charge in [-0.15, -0.1) is 0 Å². The topological polar surface area (TPSA) is 50.5 Å². The molecule has 2 aromatic rings. The van der Waals surface area contributed by atoms with Crippen molar-refractivity contribution in [1.29, 1.82) is 0 Å². The quantitative estimate of drug-likeness (QED) is 0.876. The van der Waals surface area contributed by atoms with Gasteiger partial charge in [0.1, 0.15) is 18.5 Å². The van der Waals surface area contributed by atoms with Crippen LogP contribution < -0.4 is 4.74 Å². The van der Waals surface area contributed by atoms with Crippen molar-refractivity contribution in [2.24, 2.45) is 7.05 Å². The Labute approximate surface area is 150 Å². The van der Waals surface area contributed by atoms with Gasteiger partial charge in [0.05, 0.1) is 5.69 Å². The largest absolute Gasteiger partial charge is 0.491 e. The second-order valence-electron chi connectivity index (χ2n) is 7.14. The minimum atomic E-state index is -0.501. The second-order valence-corrected chi connectivity index (χ2v) is 7.14. The number of nitrogens with zero attached hydrogens (tertiary/aromatic N) is 3. The van der Waals surface area contributed by atoms with Gasteiger partial charge in [0, 0.05) is 30.9 Å². The van der Waals surface area contributed by atoms with Gasteiger partial charge in [-0.05, 0) is 57.9 Å². The standard InChI is InChI=1S/C20H29N3O2/c1-14-7-5-8-18(11-14)25-13-17(24)12-23-10-6-9-19(23)20-15(2)21-22(4)16(20)3/h5,7-8,11,17,19,24H,6,9-10,12-13H2,1-4H3/t17-,19-/m1/s1. The number of aromatic nitrogens is 2. The zero-order chi connectivity index (χ0) is 18.0. The molecule has 1 saturated heterocycles. The summed E-state index contributed by atoms with van der Waals surface area (Å²) in [7, 11) is 2.00. The fourth-order valence-electron chi connectivity index (χ4n) is 3.86. The highest BCUT2D eigenvalue weighted by Crippen LogP contribution is 2.35. The summed E-state index contributed by atoms with van der Waals surface area (Å²) in [6.07, 6.45) is 1.78. The molecule has 1 aliphatic rings. The van der Waals surface area contributed by atoms with Crippen molar-refractivity contribution in [3.8, 4) is 5.75 Å². The smallest absolute Gasteiger partial charge is 0.119 e. The molecule has 0 radical (unpaired) electrons. The van der Waals surface area contributed by atoms with Crippen LogP contribution in [0, 0.1) is 20.8 Å². The fraction of sp³-hybridized carbons (Fsp3) is 0.550. The minimum Gasteiger partial charge on any atom is -0.491 e. The van der Waals surface area contributed by atoms with Gasteiger partial charge >= 0.3 is 0 Å². The molecule has 0 bridgehead atoms. The van der Waals surface area contributed by atoms with E-state index in [1.54, 1.807) is 0 Å². The van der Waals surface area contributed by atoms with E-state index in [-0.39, 0.29) is 0 Å². The Kier molecular flexibility index (Phi) is 5.45. The van der Waals surface area contributed by atoms with Gasteiger partial charge in [-0.2, -0.15) is 5.10 Å². The molecular formula is C20H29N3O2. The molecule has 0 saturated carbocycles. The lowest BCUT2D eigenvalue weighted by molar-refractivity contribution is 0.0636. The number of β-amino-alcohol motifs (C(OH)–C–C–N with tert-alkyl or cyclic N) is 1. The highest BCUT2D eigenvalue weighted by atomic mass is 16.5. The van der Waals surface area contributed by atoms with Crippen molar-refractivity contribution in [1.82, 2.24) is 14.7 Å². The Hall–Kier alpha value is -1.85. The Morgan fingerprint density at radius 2 is 2.12 bits per heavy atom. The molecule has 1 aromatic heterocycles. The number of aliphatic hydroxyl groups is 1. The fourth-order valence-corrected chi connectivity index (χ4v) is 3.86. The van der Waals surface area contributed by atoms with Gasteiger partial charge in [-0.3, -0.25) is 9.58 Å². The zero-order valence-electron chi connectivity index (χ0n) is 15.7. The van der Waals surface area contributed by atoms with E-state index in [9.17, 15) is 5.11 Å². The minimum absolute atomic E-state index is 0.317. The van der Waals surface area contributed by atoms with Crippen molar-refractivity contribution >= 4 is 0 Å². The summed E-state index contributed by atoms with van der Waals surface area (Å²) in [6, 6.07) is 8.29. The van der Waals surface area contributed by atoms with Crippen LogP contribution in [0.4, 0.5) is 0 Å². The number of benzene rings is 1. The number of hydrogen-bond acceptors (Lipinski definition) is 4. The zero-order valence-corrected chi connectivity index (χ0v) is 15.7. The van der Waals surface area contributed by atoms with Crippen LogP contribution in [0.5, 0.6) is 5.75 Å². The number of aryl methyl sites for hydroxylation is 3. The maximum absolute atomic E-state index is 10.5. The van der Waals surface area contributed by atoms with E-state index in [0.717, 1.165) is 36.4 Å². The van der Waals surface area contributed by atoms with E-state index >= 15 is 0 Å². The highest BCUT2D eigenvalue weighted by molar-refractivity contribution is 5.29. The van der Waals surface area contributed by atoms with Crippen LogP contribution in [-0.2, 0) is 7.05 Å². The third-order valence-corrected chi connectivity index (χ3v) is 5.14. The third kappa shape index (κ3) is 4.05. The van der Waals surface area contributed by atoms with Crippen molar-refractivity contribution in [2.75, 3.05) is 19.7 Å².